The molecule has 0 aliphatic carbocycles. The molecular formula is C25H19FN4O3S2. The number of aromatic nitrogens is 3. The molecule has 3 aromatic heterocycles. The van der Waals surface area contributed by atoms with Crippen molar-refractivity contribution in [3.05, 3.63) is 99.3 Å². The van der Waals surface area contributed by atoms with Crippen molar-refractivity contribution in [2.75, 3.05) is 6.54 Å². The molecule has 0 bridgehead atoms. The van der Waals surface area contributed by atoms with Gasteiger partial charge in [0.1, 0.15) is 15.5 Å². The van der Waals surface area contributed by atoms with E-state index in [2.05, 4.69) is 9.97 Å². The fourth-order valence-corrected chi connectivity index (χ4v) is 7.40. The second kappa shape index (κ2) is 8.33. The molecule has 0 spiro atoms. The molecule has 176 valence electrons. The fourth-order valence-electron chi connectivity index (χ4n) is 4.55. The van der Waals surface area contributed by atoms with E-state index in [1.165, 1.54) is 32.6 Å². The minimum atomic E-state index is -3.80. The number of nitrogens with zero attached hydrogens (tertiary/aromatic N) is 4. The molecule has 7 nitrogen and oxygen atoms in total. The summed E-state index contributed by atoms with van der Waals surface area (Å²) in [6.45, 7) is 0.481. The monoisotopic (exact) mass is 506 g/mol. The van der Waals surface area contributed by atoms with Crippen LogP contribution in [0.4, 0.5) is 4.39 Å². The van der Waals surface area contributed by atoms with Gasteiger partial charge in [-0.05, 0) is 30.2 Å². The van der Waals surface area contributed by atoms with Gasteiger partial charge in [-0.25, -0.2) is 17.8 Å². The maximum Gasteiger partial charge on any atom is 0.262 e. The molecule has 6 rings (SSSR count). The highest BCUT2D eigenvalue weighted by Crippen LogP contribution is 2.35. The van der Waals surface area contributed by atoms with E-state index in [1.807, 2.05) is 12.1 Å². The van der Waals surface area contributed by atoms with E-state index in [-0.39, 0.29) is 35.9 Å². The van der Waals surface area contributed by atoms with Gasteiger partial charge in [-0.15, -0.1) is 11.3 Å². The molecule has 0 unspecified atom stereocenters. The molecule has 35 heavy (non-hydrogen) atoms. The highest BCUT2D eigenvalue weighted by molar-refractivity contribution is 7.89. The summed E-state index contributed by atoms with van der Waals surface area (Å²) >= 11 is 1.33. The van der Waals surface area contributed by atoms with Gasteiger partial charge in [0.05, 0.1) is 23.8 Å². The van der Waals surface area contributed by atoms with Crippen LogP contribution in [0, 0.1) is 5.82 Å². The van der Waals surface area contributed by atoms with Crippen LogP contribution in [0.2, 0.25) is 0 Å². The molecule has 1 aliphatic heterocycles. The second-order valence-corrected chi connectivity index (χ2v) is 11.4. The molecule has 1 aliphatic rings. The predicted molar refractivity (Wildman–Crippen MR) is 132 cm³/mol. The molecule has 2 aromatic carbocycles. The van der Waals surface area contributed by atoms with E-state index in [4.69, 9.17) is 0 Å². The molecule has 0 atom stereocenters. The topological polar surface area (TPSA) is 85.2 Å². The number of fused-ring (bicyclic) bond motifs is 4. The van der Waals surface area contributed by atoms with Gasteiger partial charge in [0, 0.05) is 35.1 Å². The summed E-state index contributed by atoms with van der Waals surface area (Å²) in [5.74, 6) is -0.379. The van der Waals surface area contributed by atoms with Crippen LogP contribution in [0.1, 0.15) is 16.0 Å². The third-order valence-electron chi connectivity index (χ3n) is 6.30. The first-order chi connectivity index (χ1) is 16.9. The first-order valence-electron chi connectivity index (χ1n) is 11.0. The van der Waals surface area contributed by atoms with Gasteiger partial charge in [-0.2, -0.15) is 4.31 Å². The number of halogens is 1. The van der Waals surface area contributed by atoms with Crippen molar-refractivity contribution in [2.24, 2.45) is 0 Å². The summed E-state index contributed by atoms with van der Waals surface area (Å²) in [6.07, 6.45) is 3.41. The summed E-state index contributed by atoms with van der Waals surface area (Å²) in [5.41, 5.74) is 1.42. The van der Waals surface area contributed by atoms with Crippen molar-refractivity contribution >= 4 is 42.5 Å². The molecular weight excluding hydrogens is 487 g/mol. The molecule has 0 fully saturated rings. The number of hydrogen-bond donors (Lipinski definition) is 0. The Morgan fingerprint density at radius 3 is 2.71 bits per heavy atom. The lowest BCUT2D eigenvalue weighted by molar-refractivity contribution is 0.397. The van der Waals surface area contributed by atoms with Gasteiger partial charge in [0.2, 0.25) is 10.0 Å². The molecule has 10 heteroatoms. The smallest absolute Gasteiger partial charge is 0.262 e. The van der Waals surface area contributed by atoms with Crippen LogP contribution in [-0.2, 0) is 29.5 Å². The highest BCUT2D eigenvalue weighted by Gasteiger charge is 2.32. The minimum absolute atomic E-state index is 0.0770. The molecule has 0 saturated carbocycles. The van der Waals surface area contributed by atoms with Crippen LogP contribution in [0.25, 0.3) is 21.1 Å². The lowest BCUT2D eigenvalue weighted by atomic mass is 10.1. The Balaban J connectivity index is 1.37. The third kappa shape index (κ3) is 3.65. The molecule has 0 radical (unpaired) electrons. The van der Waals surface area contributed by atoms with Crippen molar-refractivity contribution in [3.63, 3.8) is 0 Å². The largest absolute Gasteiger partial charge is 0.294 e. The van der Waals surface area contributed by atoms with Crippen molar-refractivity contribution in [2.45, 2.75) is 24.4 Å². The van der Waals surface area contributed by atoms with Crippen LogP contribution in [0.5, 0.6) is 0 Å². The van der Waals surface area contributed by atoms with Crippen LogP contribution in [0.15, 0.2) is 76.8 Å². The van der Waals surface area contributed by atoms with Crippen molar-refractivity contribution < 1.29 is 12.8 Å². The second-order valence-electron chi connectivity index (χ2n) is 8.37. The van der Waals surface area contributed by atoms with Gasteiger partial charge in [0.25, 0.3) is 5.56 Å². The van der Waals surface area contributed by atoms with Gasteiger partial charge in [-0.1, -0.05) is 36.4 Å². The maximum absolute atomic E-state index is 14.1. The molecule has 0 saturated heterocycles. The van der Waals surface area contributed by atoms with E-state index < -0.39 is 10.0 Å². The average Bonchev–Trinajstić information content (AvgIpc) is 3.25. The minimum Gasteiger partial charge on any atom is -0.294 e. The zero-order valence-electron chi connectivity index (χ0n) is 18.4. The SMILES string of the molecule is O=c1c2c3c(sc2ncn1Cc1ccccc1F)CN(S(=O)(=O)c1cccc2cccnc12)CC3. The Morgan fingerprint density at radius 1 is 1.03 bits per heavy atom. The molecule has 5 aromatic rings. The van der Waals surface area contributed by atoms with Crippen molar-refractivity contribution in [1.29, 1.82) is 0 Å². The van der Waals surface area contributed by atoms with E-state index >= 15 is 0 Å². The van der Waals surface area contributed by atoms with Crippen LogP contribution >= 0.6 is 11.3 Å². The summed E-state index contributed by atoms with van der Waals surface area (Å²) in [4.78, 5) is 23.6. The first kappa shape index (κ1) is 22.0. The third-order valence-corrected chi connectivity index (χ3v) is 9.31. The van der Waals surface area contributed by atoms with Crippen molar-refractivity contribution in [1.82, 2.24) is 18.8 Å². The first-order valence-corrected chi connectivity index (χ1v) is 13.3. The number of thiophene rings is 1. The van der Waals surface area contributed by atoms with Crippen LogP contribution in [-0.4, -0.2) is 33.8 Å². The number of rotatable bonds is 4. The van der Waals surface area contributed by atoms with E-state index in [1.54, 1.807) is 42.6 Å². The lowest BCUT2D eigenvalue weighted by Gasteiger charge is -2.26. The van der Waals surface area contributed by atoms with Gasteiger partial charge < -0.3 is 0 Å². The zero-order chi connectivity index (χ0) is 24.2. The number of benzene rings is 2. The maximum atomic E-state index is 14.1. The van der Waals surface area contributed by atoms with Crippen molar-refractivity contribution in [3.8, 4) is 0 Å². The van der Waals surface area contributed by atoms with Gasteiger partial charge in [-0.3, -0.25) is 14.3 Å². The number of hydrogen-bond acceptors (Lipinski definition) is 6. The van der Waals surface area contributed by atoms with Crippen LogP contribution < -0.4 is 5.56 Å². The highest BCUT2D eigenvalue weighted by atomic mass is 32.2. The Labute approximate surface area is 204 Å². The summed E-state index contributed by atoms with van der Waals surface area (Å²) in [5, 5.41) is 1.25. The van der Waals surface area contributed by atoms with Crippen LogP contribution in [0.3, 0.4) is 0 Å². The standard InChI is InChI=1S/C25H19FN4O3S2/c26-19-8-2-1-5-17(19)13-29-15-28-24-22(25(29)31)18-10-12-30(14-20(18)34-24)35(32,33)21-9-3-6-16-7-4-11-27-23(16)21/h1-9,11,15H,10,12-14H2. The molecule has 0 N–H and O–H groups in total. The summed E-state index contributed by atoms with van der Waals surface area (Å²) in [7, 11) is -3.80. The number of pyridine rings is 1. The Bertz CT molecular complexity index is 1770. The lowest BCUT2D eigenvalue weighted by Crippen LogP contribution is -2.35. The summed E-state index contributed by atoms with van der Waals surface area (Å²) in [6, 6.07) is 15.1. The predicted octanol–water partition coefficient (Wildman–Crippen LogP) is 3.94. The normalized spacial score (nSPS) is 14.4. The Kier molecular flexibility index (Phi) is 5.24. The van der Waals surface area contributed by atoms with E-state index in [0.29, 0.717) is 27.7 Å². The van der Waals surface area contributed by atoms with Gasteiger partial charge in [0.15, 0.2) is 0 Å². The number of sulfonamides is 1. The fraction of sp³-hybridized carbons (Fsp3) is 0.160. The molecule has 0 amide bonds. The Hall–Kier alpha value is -3.47. The van der Waals surface area contributed by atoms with Gasteiger partial charge >= 0.3 is 0 Å². The Morgan fingerprint density at radius 2 is 1.86 bits per heavy atom. The zero-order valence-corrected chi connectivity index (χ0v) is 20.0. The van der Waals surface area contributed by atoms with E-state index in [9.17, 15) is 17.6 Å². The average molecular weight is 507 g/mol. The van der Waals surface area contributed by atoms with E-state index in [0.717, 1.165) is 15.8 Å². The molecule has 4 heterocycles. The number of para-hydroxylation sites is 1. The summed E-state index contributed by atoms with van der Waals surface area (Å²) < 4.78 is 44.1. The quantitative estimate of drug-likeness (QED) is 0.369.